The number of benzene rings is 1. The van der Waals surface area contributed by atoms with Gasteiger partial charge >= 0.3 is 0 Å². The molecule has 1 fully saturated rings. The van der Waals surface area contributed by atoms with Crippen molar-refractivity contribution in [1.29, 1.82) is 0 Å². The number of hydrogen-bond donors (Lipinski definition) is 3. The third-order valence-electron chi connectivity index (χ3n) is 2.86. The minimum absolute atomic E-state index is 0.0870. The molecule has 0 aliphatic heterocycles. The quantitative estimate of drug-likeness (QED) is 0.693. The van der Waals surface area contributed by atoms with Crippen molar-refractivity contribution in [3.05, 3.63) is 28.2 Å². The Bertz CT molecular complexity index is 503. The van der Waals surface area contributed by atoms with Gasteiger partial charge in [0.2, 0.25) is 5.91 Å². The van der Waals surface area contributed by atoms with Crippen molar-refractivity contribution in [1.82, 2.24) is 5.32 Å². The fourth-order valence-corrected chi connectivity index (χ4v) is 2.24. The fraction of sp³-hybridized carbons (Fsp3) is 0.385. The number of carbonyl (C=O) groups is 1. The van der Waals surface area contributed by atoms with E-state index in [1.165, 1.54) is 0 Å². The first-order valence-corrected chi connectivity index (χ1v) is 7.39. The van der Waals surface area contributed by atoms with E-state index in [9.17, 15) is 4.79 Å². The molecule has 2 rings (SSSR count). The van der Waals surface area contributed by atoms with Gasteiger partial charge in [-0.1, -0.05) is 28.1 Å². The van der Waals surface area contributed by atoms with Crippen LogP contribution in [-0.4, -0.2) is 23.5 Å². The predicted octanol–water partition coefficient (Wildman–Crippen LogP) is 2.16. The predicted molar refractivity (Wildman–Crippen MR) is 84.3 cm³/mol. The molecule has 1 amide bonds. The lowest BCUT2D eigenvalue weighted by Gasteiger charge is -2.11. The Labute approximate surface area is 126 Å². The van der Waals surface area contributed by atoms with Crippen LogP contribution in [0.2, 0.25) is 0 Å². The molecular weight excluding hydrogens is 326 g/mol. The van der Waals surface area contributed by atoms with Gasteiger partial charge in [0.05, 0.1) is 0 Å². The van der Waals surface area contributed by atoms with Crippen LogP contribution in [0.15, 0.2) is 22.7 Å². The molecule has 0 heterocycles. The maximum atomic E-state index is 11.5. The van der Waals surface area contributed by atoms with E-state index in [4.69, 9.17) is 18.0 Å². The number of anilines is 1. The molecule has 1 aromatic carbocycles. The molecule has 1 aliphatic rings. The van der Waals surface area contributed by atoms with Gasteiger partial charge in [0, 0.05) is 34.7 Å². The average Bonchev–Trinajstić information content (AvgIpc) is 3.14. The van der Waals surface area contributed by atoms with Crippen LogP contribution in [0.4, 0.5) is 5.69 Å². The lowest BCUT2D eigenvalue weighted by atomic mass is 10.1. The molecule has 19 heavy (non-hydrogen) atoms. The maximum absolute atomic E-state index is 11.5. The van der Waals surface area contributed by atoms with Crippen LogP contribution in [0, 0.1) is 0 Å². The molecular formula is C13H16BrN3OS. The molecule has 0 bridgehead atoms. The number of thiocarbonyl (C=S) groups is 1. The van der Waals surface area contributed by atoms with Crippen molar-refractivity contribution in [2.75, 3.05) is 11.9 Å². The van der Waals surface area contributed by atoms with Crippen molar-refractivity contribution in [2.45, 2.75) is 25.3 Å². The summed E-state index contributed by atoms with van der Waals surface area (Å²) in [7, 11) is 0. The molecule has 1 saturated carbocycles. The highest BCUT2D eigenvalue weighted by atomic mass is 79.9. The second-order valence-electron chi connectivity index (χ2n) is 4.57. The first-order valence-electron chi connectivity index (χ1n) is 6.19. The molecule has 1 aromatic rings. The van der Waals surface area contributed by atoms with Gasteiger partial charge in [-0.25, -0.2) is 0 Å². The van der Waals surface area contributed by atoms with E-state index in [-0.39, 0.29) is 5.91 Å². The summed E-state index contributed by atoms with van der Waals surface area (Å²) in [5.74, 6) is 0.0870. The first kappa shape index (κ1) is 14.3. The molecule has 0 atom stereocenters. The zero-order valence-corrected chi connectivity index (χ0v) is 12.8. The van der Waals surface area contributed by atoms with Crippen LogP contribution in [-0.2, 0) is 4.79 Å². The minimum atomic E-state index is 0.0870. The van der Waals surface area contributed by atoms with Crippen LogP contribution < -0.4 is 16.4 Å². The highest BCUT2D eigenvalue weighted by Crippen LogP contribution is 2.21. The second-order valence-corrected chi connectivity index (χ2v) is 5.93. The topological polar surface area (TPSA) is 67.1 Å². The van der Waals surface area contributed by atoms with Crippen molar-refractivity contribution in [2.24, 2.45) is 5.73 Å². The largest absolute Gasteiger partial charge is 0.389 e. The summed E-state index contributed by atoms with van der Waals surface area (Å²) in [5, 5.41) is 6.15. The lowest BCUT2D eigenvalue weighted by molar-refractivity contribution is -0.120. The van der Waals surface area contributed by atoms with Crippen LogP contribution in [0.3, 0.4) is 0 Å². The fourth-order valence-electron chi connectivity index (χ4n) is 1.71. The van der Waals surface area contributed by atoms with E-state index in [1.807, 2.05) is 18.2 Å². The van der Waals surface area contributed by atoms with E-state index in [2.05, 4.69) is 26.6 Å². The Hall–Kier alpha value is -1.14. The molecule has 0 aromatic heterocycles. The molecule has 1 aliphatic carbocycles. The Morgan fingerprint density at radius 2 is 2.21 bits per heavy atom. The third kappa shape index (κ3) is 4.47. The highest BCUT2D eigenvalue weighted by Gasteiger charge is 2.22. The van der Waals surface area contributed by atoms with Crippen molar-refractivity contribution in [3.63, 3.8) is 0 Å². The van der Waals surface area contributed by atoms with Gasteiger partial charge in [-0.3, -0.25) is 4.79 Å². The van der Waals surface area contributed by atoms with Crippen LogP contribution in [0.1, 0.15) is 24.8 Å². The van der Waals surface area contributed by atoms with Gasteiger partial charge in [0.25, 0.3) is 0 Å². The molecule has 4 N–H and O–H groups in total. The van der Waals surface area contributed by atoms with E-state index in [0.717, 1.165) is 28.6 Å². The van der Waals surface area contributed by atoms with Gasteiger partial charge < -0.3 is 16.4 Å². The van der Waals surface area contributed by atoms with Gasteiger partial charge in [0.15, 0.2) is 0 Å². The summed E-state index contributed by atoms with van der Waals surface area (Å²) < 4.78 is 0.923. The Morgan fingerprint density at radius 3 is 2.84 bits per heavy atom. The van der Waals surface area contributed by atoms with E-state index < -0.39 is 0 Å². The number of nitrogens with one attached hydrogen (secondary N) is 2. The van der Waals surface area contributed by atoms with Gasteiger partial charge in [-0.05, 0) is 31.0 Å². The molecule has 4 nitrogen and oxygen atoms in total. The molecule has 0 unspecified atom stereocenters. The number of carbonyl (C=O) groups excluding carboxylic acids is 1. The maximum Gasteiger partial charge on any atom is 0.221 e. The Balaban J connectivity index is 1.87. The summed E-state index contributed by atoms with van der Waals surface area (Å²) >= 11 is 8.40. The normalized spacial score (nSPS) is 13.9. The number of halogens is 1. The zero-order valence-electron chi connectivity index (χ0n) is 10.4. The summed E-state index contributed by atoms with van der Waals surface area (Å²) in [4.78, 5) is 11.9. The van der Waals surface area contributed by atoms with Crippen molar-refractivity contribution in [3.8, 4) is 0 Å². The van der Waals surface area contributed by atoms with Crippen molar-refractivity contribution >= 4 is 44.7 Å². The second kappa shape index (κ2) is 6.34. The monoisotopic (exact) mass is 341 g/mol. The molecule has 0 saturated heterocycles. The zero-order chi connectivity index (χ0) is 13.8. The molecule has 0 spiro atoms. The number of hydrogen-bond acceptors (Lipinski definition) is 3. The van der Waals surface area contributed by atoms with E-state index in [0.29, 0.717) is 24.0 Å². The Morgan fingerprint density at radius 1 is 1.47 bits per heavy atom. The van der Waals surface area contributed by atoms with Gasteiger partial charge in [0.1, 0.15) is 4.99 Å². The summed E-state index contributed by atoms with van der Waals surface area (Å²) in [6.07, 6.45) is 2.66. The lowest BCUT2D eigenvalue weighted by Crippen LogP contribution is -2.27. The Kier molecular flexibility index (Phi) is 4.76. The van der Waals surface area contributed by atoms with Crippen LogP contribution in [0.5, 0.6) is 0 Å². The number of amides is 1. The molecule has 102 valence electrons. The van der Waals surface area contributed by atoms with E-state index >= 15 is 0 Å². The standard InChI is InChI=1S/C13H16BrN3OS/c14-8-1-4-11(10(7-8)13(15)19)16-6-5-12(18)17-9-2-3-9/h1,4,7,9,16H,2-3,5-6H2,(H2,15,19)(H,17,18). The molecule has 6 heteroatoms. The van der Waals surface area contributed by atoms with Crippen LogP contribution >= 0.6 is 28.1 Å². The number of rotatable bonds is 6. The third-order valence-corrected chi connectivity index (χ3v) is 3.57. The van der Waals surface area contributed by atoms with Gasteiger partial charge in [-0.2, -0.15) is 0 Å². The summed E-state index contributed by atoms with van der Waals surface area (Å²) in [6, 6.07) is 6.09. The average molecular weight is 342 g/mol. The minimum Gasteiger partial charge on any atom is -0.389 e. The smallest absolute Gasteiger partial charge is 0.221 e. The number of nitrogens with two attached hydrogens (primary N) is 1. The molecule has 0 radical (unpaired) electrons. The highest BCUT2D eigenvalue weighted by molar-refractivity contribution is 9.10. The van der Waals surface area contributed by atoms with Crippen molar-refractivity contribution < 1.29 is 4.79 Å². The summed E-state index contributed by atoms with van der Waals surface area (Å²) in [5.41, 5.74) is 7.32. The first-order chi connectivity index (χ1) is 9.06. The van der Waals surface area contributed by atoms with Gasteiger partial charge in [-0.15, -0.1) is 0 Å². The SMILES string of the molecule is NC(=S)c1cc(Br)ccc1NCCC(=O)NC1CC1. The van der Waals surface area contributed by atoms with Crippen LogP contribution in [0.25, 0.3) is 0 Å². The summed E-state index contributed by atoms with van der Waals surface area (Å²) in [6.45, 7) is 0.565. The van der Waals surface area contributed by atoms with E-state index in [1.54, 1.807) is 0 Å².